The zero-order chi connectivity index (χ0) is 13.0. The summed E-state index contributed by atoms with van der Waals surface area (Å²) in [6.45, 7) is 0. The van der Waals surface area contributed by atoms with Crippen molar-refractivity contribution in [3.8, 4) is 6.07 Å². The number of carbonyl (C=O) groups excluding carboxylic acids is 2. The highest BCUT2D eigenvalue weighted by Crippen LogP contribution is 2.23. The Morgan fingerprint density at radius 3 is 2.67 bits per heavy atom. The zero-order valence-electron chi connectivity index (χ0n) is 9.93. The van der Waals surface area contributed by atoms with Gasteiger partial charge in [0.2, 0.25) is 5.91 Å². The number of nitriles is 1. The highest BCUT2D eigenvalue weighted by atomic mass is 16.2. The van der Waals surface area contributed by atoms with Gasteiger partial charge in [-0.2, -0.15) is 5.26 Å². The highest BCUT2D eigenvalue weighted by molar-refractivity contribution is 5.90. The number of hydrogen-bond donors (Lipinski definition) is 1. The molecule has 1 fully saturated rings. The average molecular weight is 242 g/mol. The first kappa shape index (κ1) is 12.3. The van der Waals surface area contributed by atoms with E-state index in [2.05, 4.69) is 11.4 Å². The maximum atomic E-state index is 11.9. The van der Waals surface area contributed by atoms with Crippen molar-refractivity contribution in [2.75, 3.05) is 0 Å². The average Bonchev–Trinajstić information content (AvgIpc) is 2.83. The first-order chi connectivity index (χ1) is 8.70. The first-order valence-electron chi connectivity index (χ1n) is 5.97. The van der Waals surface area contributed by atoms with Crippen molar-refractivity contribution in [1.82, 2.24) is 5.32 Å². The normalized spacial score (nSPS) is 20.2. The molecule has 2 unspecified atom stereocenters. The second kappa shape index (κ2) is 5.46. The maximum Gasteiger partial charge on any atom is 0.224 e. The Morgan fingerprint density at radius 2 is 2.11 bits per heavy atom. The van der Waals surface area contributed by atoms with E-state index in [9.17, 15) is 9.59 Å². The molecule has 18 heavy (non-hydrogen) atoms. The second-order valence-corrected chi connectivity index (χ2v) is 4.46. The van der Waals surface area contributed by atoms with E-state index < -0.39 is 6.04 Å². The predicted octanol–water partition coefficient (Wildman–Crippen LogP) is 1.74. The summed E-state index contributed by atoms with van der Waals surface area (Å²) in [6, 6.07) is 10.5. The van der Waals surface area contributed by atoms with Gasteiger partial charge in [-0.15, -0.1) is 0 Å². The lowest BCUT2D eigenvalue weighted by Crippen LogP contribution is -2.32. The molecule has 92 valence electrons. The van der Waals surface area contributed by atoms with Crippen molar-refractivity contribution < 1.29 is 9.59 Å². The molecule has 1 amide bonds. The molecule has 1 aliphatic rings. The molecule has 1 N–H and O–H groups in total. The van der Waals surface area contributed by atoms with E-state index in [1.165, 1.54) is 0 Å². The number of Topliss-reactive ketones (excluding diaryl/α,β-unsaturated/α-hetero) is 1. The number of amides is 1. The molecular formula is C14H14N2O2. The minimum atomic E-state index is -0.644. The summed E-state index contributed by atoms with van der Waals surface area (Å²) in [6.07, 6.45) is 1.37. The maximum absolute atomic E-state index is 11.9. The topological polar surface area (TPSA) is 70.0 Å². The summed E-state index contributed by atoms with van der Waals surface area (Å²) in [5.41, 5.74) is 0.762. The van der Waals surface area contributed by atoms with E-state index in [-0.39, 0.29) is 17.6 Å². The Kier molecular flexibility index (Phi) is 3.73. The van der Waals surface area contributed by atoms with Crippen LogP contribution in [0.5, 0.6) is 0 Å². The molecule has 1 saturated carbocycles. The smallest absolute Gasteiger partial charge is 0.224 e. The van der Waals surface area contributed by atoms with E-state index in [1.807, 2.05) is 18.2 Å². The Morgan fingerprint density at radius 1 is 1.39 bits per heavy atom. The standard InChI is InChI=1S/C14H14N2O2/c15-9-13(10-4-2-1-3-5-10)16-14(18)11-6-7-12(17)8-11/h1-5,11,13H,6-8H2,(H,16,18). The molecule has 4 heteroatoms. The van der Waals surface area contributed by atoms with Gasteiger partial charge < -0.3 is 5.32 Å². The minimum absolute atomic E-state index is 0.128. The van der Waals surface area contributed by atoms with Crippen LogP contribution in [0, 0.1) is 17.2 Å². The molecule has 4 nitrogen and oxygen atoms in total. The Bertz CT molecular complexity index is 490. The lowest BCUT2D eigenvalue weighted by Gasteiger charge is -2.14. The Hall–Kier alpha value is -2.15. The van der Waals surface area contributed by atoms with Crippen LogP contribution in [-0.2, 0) is 9.59 Å². The van der Waals surface area contributed by atoms with E-state index in [4.69, 9.17) is 5.26 Å². The van der Waals surface area contributed by atoms with Crippen LogP contribution >= 0.6 is 0 Å². The zero-order valence-corrected chi connectivity index (χ0v) is 9.93. The van der Waals surface area contributed by atoms with Gasteiger partial charge in [0.1, 0.15) is 11.8 Å². The third-order valence-corrected chi connectivity index (χ3v) is 3.17. The number of rotatable bonds is 3. The predicted molar refractivity (Wildman–Crippen MR) is 65.3 cm³/mol. The lowest BCUT2D eigenvalue weighted by molar-refractivity contribution is -0.126. The SMILES string of the molecule is N#CC(NC(=O)C1CCC(=O)C1)c1ccccc1. The van der Waals surface area contributed by atoms with E-state index in [0.29, 0.717) is 19.3 Å². The van der Waals surface area contributed by atoms with Gasteiger partial charge in [-0.1, -0.05) is 30.3 Å². The van der Waals surface area contributed by atoms with Gasteiger partial charge in [-0.3, -0.25) is 9.59 Å². The highest BCUT2D eigenvalue weighted by Gasteiger charge is 2.29. The van der Waals surface area contributed by atoms with Gasteiger partial charge in [-0.05, 0) is 12.0 Å². The first-order valence-corrected chi connectivity index (χ1v) is 5.97. The van der Waals surface area contributed by atoms with Crippen LogP contribution in [0.3, 0.4) is 0 Å². The van der Waals surface area contributed by atoms with Crippen molar-refractivity contribution in [1.29, 1.82) is 5.26 Å². The number of hydrogen-bond acceptors (Lipinski definition) is 3. The fourth-order valence-electron chi connectivity index (χ4n) is 2.13. The van der Waals surface area contributed by atoms with Gasteiger partial charge >= 0.3 is 0 Å². The third-order valence-electron chi connectivity index (χ3n) is 3.17. The molecule has 0 heterocycles. The summed E-state index contributed by atoms with van der Waals surface area (Å²) >= 11 is 0. The minimum Gasteiger partial charge on any atom is -0.336 e. The van der Waals surface area contributed by atoms with Gasteiger partial charge in [0.05, 0.1) is 6.07 Å². The van der Waals surface area contributed by atoms with Crippen molar-refractivity contribution in [3.63, 3.8) is 0 Å². The van der Waals surface area contributed by atoms with E-state index in [0.717, 1.165) is 5.56 Å². The van der Waals surface area contributed by atoms with Crippen molar-refractivity contribution in [3.05, 3.63) is 35.9 Å². The number of nitrogens with one attached hydrogen (secondary N) is 1. The molecular weight excluding hydrogens is 228 g/mol. The monoisotopic (exact) mass is 242 g/mol. The van der Waals surface area contributed by atoms with Gasteiger partial charge in [0.25, 0.3) is 0 Å². The summed E-state index contributed by atoms with van der Waals surface area (Å²) in [4.78, 5) is 23.1. The van der Waals surface area contributed by atoms with Crippen LogP contribution in [0.1, 0.15) is 30.9 Å². The Labute approximate surface area is 106 Å². The molecule has 1 aliphatic carbocycles. The summed E-state index contributed by atoms with van der Waals surface area (Å²) < 4.78 is 0. The van der Waals surface area contributed by atoms with Gasteiger partial charge in [-0.25, -0.2) is 0 Å². The van der Waals surface area contributed by atoms with Crippen LogP contribution < -0.4 is 5.32 Å². The molecule has 0 aromatic heterocycles. The second-order valence-electron chi connectivity index (χ2n) is 4.46. The van der Waals surface area contributed by atoms with Crippen molar-refractivity contribution >= 4 is 11.7 Å². The molecule has 1 aromatic rings. The van der Waals surface area contributed by atoms with Crippen LogP contribution in [0.2, 0.25) is 0 Å². The van der Waals surface area contributed by atoms with Crippen molar-refractivity contribution in [2.45, 2.75) is 25.3 Å². The van der Waals surface area contributed by atoms with E-state index >= 15 is 0 Å². The molecule has 1 aromatic carbocycles. The quantitative estimate of drug-likeness (QED) is 0.877. The van der Waals surface area contributed by atoms with Crippen LogP contribution in [0.15, 0.2) is 30.3 Å². The summed E-state index contributed by atoms with van der Waals surface area (Å²) in [5.74, 6) is -0.336. The Balaban J connectivity index is 2.01. The molecule has 0 aliphatic heterocycles. The fraction of sp³-hybridized carbons (Fsp3) is 0.357. The number of nitrogens with zero attached hydrogens (tertiary/aromatic N) is 1. The van der Waals surface area contributed by atoms with Gasteiger partial charge in [0, 0.05) is 18.8 Å². The molecule has 2 rings (SSSR count). The molecule has 0 saturated heterocycles. The van der Waals surface area contributed by atoms with Gasteiger partial charge in [0.15, 0.2) is 0 Å². The van der Waals surface area contributed by atoms with Crippen LogP contribution in [0.4, 0.5) is 0 Å². The van der Waals surface area contributed by atoms with Crippen molar-refractivity contribution in [2.24, 2.45) is 5.92 Å². The largest absolute Gasteiger partial charge is 0.336 e. The molecule has 0 spiro atoms. The number of carbonyl (C=O) groups is 2. The third kappa shape index (κ3) is 2.75. The summed E-state index contributed by atoms with van der Waals surface area (Å²) in [5, 5.41) is 11.8. The number of benzene rings is 1. The fourth-order valence-corrected chi connectivity index (χ4v) is 2.13. The molecule has 0 radical (unpaired) electrons. The van der Waals surface area contributed by atoms with E-state index in [1.54, 1.807) is 12.1 Å². The van der Waals surface area contributed by atoms with Crippen LogP contribution in [0.25, 0.3) is 0 Å². The molecule has 0 bridgehead atoms. The molecule has 2 atom stereocenters. The number of ketones is 1. The van der Waals surface area contributed by atoms with Crippen LogP contribution in [-0.4, -0.2) is 11.7 Å². The summed E-state index contributed by atoms with van der Waals surface area (Å²) in [7, 11) is 0. The lowest BCUT2D eigenvalue weighted by atomic mass is 10.0.